The molecule has 0 fully saturated rings. The van der Waals surface area contributed by atoms with E-state index in [0.29, 0.717) is 17.2 Å². The molecule has 9 nitrogen and oxygen atoms in total. The summed E-state index contributed by atoms with van der Waals surface area (Å²) in [5.74, 6) is 0.482. The van der Waals surface area contributed by atoms with Crippen LogP contribution in [-0.2, 0) is 6.18 Å². The Morgan fingerprint density at radius 2 is 1.17 bits per heavy atom. The van der Waals surface area contributed by atoms with Crippen LogP contribution in [-0.4, -0.2) is 27.8 Å². The molecule has 0 unspecified atom stereocenters. The summed E-state index contributed by atoms with van der Waals surface area (Å²) in [6.45, 7) is 0. The molecule has 210 valence electrons. The molecule has 5 aromatic rings. The van der Waals surface area contributed by atoms with Crippen LogP contribution >= 0.6 is 0 Å². The van der Waals surface area contributed by atoms with Gasteiger partial charge in [0.15, 0.2) is 0 Å². The number of azo groups is 1. The van der Waals surface area contributed by atoms with Gasteiger partial charge in [-0.1, -0.05) is 72.8 Å². The van der Waals surface area contributed by atoms with Crippen LogP contribution in [0, 0.1) is 0 Å². The Morgan fingerprint density at radius 3 is 1.71 bits per heavy atom. The van der Waals surface area contributed by atoms with E-state index in [1.807, 2.05) is 12.1 Å². The fourth-order valence-electron chi connectivity index (χ4n) is 3.59. The number of hydrogen-bond donors (Lipinski definition) is 0. The number of para-hydroxylation sites is 2. The van der Waals surface area contributed by atoms with Crippen LogP contribution in [0.2, 0.25) is 0 Å². The molecular weight excluding hydrogens is 547 g/mol. The van der Waals surface area contributed by atoms with Crippen LogP contribution < -0.4 is 14.5 Å². The molecule has 0 spiro atoms. The van der Waals surface area contributed by atoms with Crippen molar-refractivity contribution < 1.29 is 22.6 Å². The number of nitrogens with zero attached hydrogens (tertiary/aromatic N) is 7. The normalized spacial score (nSPS) is 11.9. The number of anilines is 1. The molecule has 0 saturated carbocycles. The van der Waals surface area contributed by atoms with Crippen molar-refractivity contribution in [3.8, 4) is 23.5 Å². The second-order valence-corrected chi connectivity index (χ2v) is 8.56. The highest BCUT2D eigenvalue weighted by atomic mass is 19.4. The first-order chi connectivity index (χ1) is 20.3. The van der Waals surface area contributed by atoms with E-state index in [4.69, 9.17) is 9.47 Å². The maximum atomic E-state index is 13.9. The van der Waals surface area contributed by atoms with Crippen LogP contribution in [0.15, 0.2) is 131 Å². The standard InChI is InChI=1S/C30H22F3N7O2/c1-40(39-26(38-37-21-13-5-2-6-14-21)24-19-11-12-20-25(24)30(31,32)33)27-34-28(41-22-15-7-3-8-16-22)36-29(35-27)42-23-17-9-4-10-18-23/h2-20H,1H3/b38-37?,39-26-. The zero-order valence-electron chi connectivity index (χ0n) is 22.1. The van der Waals surface area contributed by atoms with Gasteiger partial charge in [0.1, 0.15) is 11.5 Å². The quantitative estimate of drug-likeness (QED) is 0.0812. The van der Waals surface area contributed by atoms with Crippen molar-refractivity contribution in [1.29, 1.82) is 0 Å². The minimum absolute atomic E-state index is 0.0845. The van der Waals surface area contributed by atoms with E-state index in [-0.39, 0.29) is 29.4 Å². The third kappa shape index (κ3) is 7.30. The molecule has 0 amide bonds. The van der Waals surface area contributed by atoms with Crippen molar-refractivity contribution in [1.82, 2.24) is 15.0 Å². The Balaban J connectivity index is 1.58. The first kappa shape index (κ1) is 27.9. The fraction of sp³-hybridized carbons (Fsp3) is 0.0667. The molecule has 0 N–H and O–H groups in total. The lowest BCUT2D eigenvalue weighted by atomic mass is 10.1. The molecule has 1 aromatic heterocycles. The van der Waals surface area contributed by atoms with Crippen LogP contribution in [0.3, 0.4) is 0 Å². The number of aromatic nitrogens is 3. The van der Waals surface area contributed by atoms with Crippen molar-refractivity contribution in [2.24, 2.45) is 15.3 Å². The molecule has 0 aliphatic heterocycles. The van der Waals surface area contributed by atoms with E-state index in [0.717, 1.165) is 11.1 Å². The predicted molar refractivity (Wildman–Crippen MR) is 150 cm³/mol. The highest BCUT2D eigenvalue weighted by Crippen LogP contribution is 2.33. The third-order valence-electron chi connectivity index (χ3n) is 5.51. The van der Waals surface area contributed by atoms with Crippen LogP contribution in [0.5, 0.6) is 23.5 Å². The Kier molecular flexibility index (Phi) is 8.42. The molecule has 0 aliphatic rings. The Labute approximate surface area is 238 Å². The lowest BCUT2D eigenvalue weighted by Gasteiger charge is -2.16. The van der Waals surface area contributed by atoms with Gasteiger partial charge in [-0.3, -0.25) is 0 Å². The highest BCUT2D eigenvalue weighted by Gasteiger charge is 2.34. The van der Waals surface area contributed by atoms with Gasteiger partial charge < -0.3 is 9.47 Å². The molecule has 0 bridgehead atoms. The summed E-state index contributed by atoms with van der Waals surface area (Å²) in [5, 5.41) is 13.7. The summed E-state index contributed by atoms with van der Waals surface area (Å²) in [7, 11) is 1.45. The Hall–Kier alpha value is -5.65. The van der Waals surface area contributed by atoms with E-state index in [2.05, 4.69) is 30.3 Å². The van der Waals surface area contributed by atoms with E-state index in [1.165, 1.54) is 25.2 Å². The van der Waals surface area contributed by atoms with Crippen molar-refractivity contribution in [3.63, 3.8) is 0 Å². The second-order valence-electron chi connectivity index (χ2n) is 8.56. The zero-order chi connectivity index (χ0) is 29.4. The molecule has 5 rings (SSSR count). The minimum atomic E-state index is -4.67. The number of hydrazone groups is 1. The zero-order valence-corrected chi connectivity index (χ0v) is 22.1. The molecule has 0 radical (unpaired) electrons. The average Bonchev–Trinajstić information content (AvgIpc) is 3.00. The lowest BCUT2D eigenvalue weighted by molar-refractivity contribution is -0.137. The minimum Gasteiger partial charge on any atom is -0.424 e. The maximum Gasteiger partial charge on any atom is 0.417 e. The summed E-state index contributed by atoms with van der Waals surface area (Å²) >= 11 is 0. The molecule has 1 heterocycles. The smallest absolute Gasteiger partial charge is 0.417 e. The number of ether oxygens (including phenoxy) is 2. The summed E-state index contributed by atoms with van der Waals surface area (Å²) in [4.78, 5) is 12.8. The third-order valence-corrected chi connectivity index (χ3v) is 5.51. The number of hydrogen-bond acceptors (Lipinski definition) is 8. The SMILES string of the molecule is CN(/N=C(\N=Nc1ccccc1)c1ccccc1C(F)(F)F)c1nc(Oc2ccccc2)nc(Oc2ccccc2)n1. The number of alkyl halides is 3. The van der Waals surface area contributed by atoms with Crippen molar-refractivity contribution in [2.75, 3.05) is 12.1 Å². The summed E-state index contributed by atoms with van der Waals surface area (Å²) < 4.78 is 53.4. The van der Waals surface area contributed by atoms with Gasteiger partial charge in [0.25, 0.3) is 5.95 Å². The second kappa shape index (κ2) is 12.7. The molecule has 0 atom stereocenters. The van der Waals surface area contributed by atoms with Gasteiger partial charge in [-0.15, -0.1) is 20.3 Å². The van der Waals surface area contributed by atoms with Gasteiger partial charge in [0, 0.05) is 12.6 Å². The maximum absolute atomic E-state index is 13.9. The van der Waals surface area contributed by atoms with Gasteiger partial charge in [-0.2, -0.15) is 23.1 Å². The van der Waals surface area contributed by atoms with Crippen molar-refractivity contribution in [2.45, 2.75) is 6.18 Å². The van der Waals surface area contributed by atoms with Gasteiger partial charge in [-0.25, -0.2) is 5.01 Å². The van der Waals surface area contributed by atoms with Gasteiger partial charge in [0.2, 0.25) is 5.84 Å². The number of rotatable bonds is 8. The Bertz CT molecular complexity index is 1620. The van der Waals surface area contributed by atoms with Crippen molar-refractivity contribution >= 4 is 17.5 Å². The number of amidine groups is 1. The molecule has 0 saturated heterocycles. The van der Waals surface area contributed by atoms with Gasteiger partial charge >= 0.3 is 18.2 Å². The Morgan fingerprint density at radius 1 is 0.667 bits per heavy atom. The summed E-state index contributed by atoms with van der Waals surface area (Å²) in [5.41, 5.74) is -0.789. The van der Waals surface area contributed by atoms with E-state index < -0.39 is 11.7 Å². The summed E-state index contributed by atoms with van der Waals surface area (Å²) in [6.07, 6.45) is -4.67. The van der Waals surface area contributed by atoms with E-state index in [1.54, 1.807) is 78.9 Å². The molecule has 0 aliphatic carbocycles. The van der Waals surface area contributed by atoms with E-state index in [9.17, 15) is 13.2 Å². The van der Waals surface area contributed by atoms with Crippen LogP contribution in [0.25, 0.3) is 0 Å². The largest absolute Gasteiger partial charge is 0.424 e. The first-order valence-corrected chi connectivity index (χ1v) is 12.5. The highest BCUT2D eigenvalue weighted by molar-refractivity contribution is 6.01. The lowest BCUT2D eigenvalue weighted by Crippen LogP contribution is -2.19. The number of benzene rings is 4. The topological polar surface area (TPSA) is 97.5 Å². The average molecular weight is 570 g/mol. The molecule has 12 heteroatoms. The predicted octanol–water partition coefficient (Wildman–Crippen LogP) is 8.06. The molecule has 4 aromatic carbocycles. The first-order valence-electron chi connectivity index (χ1n) is 12.5. The van der Waals surface area contributed by atoms with E-state index >= 15 is 0 Å². The summed E-state index contributed by atoms with van der Waals surface area (Å²) in [6, 6.07) is 30.8. The monoisotopic (exact) mass is 569 g/mol. The fourth-order valence-corrected chi connectivity index (χ4v) is 3.59. The number of halogens is 3. The molecule has 42 heavy (non-hydrogen) atoms. The van der Waals surface area contributed by atoms with Crippen LogP contribution in [0.4, 0.5) is 24.8 Å². The van der Waals surface area contributed by atoms with Gasteiger partial charge in [0.05, 0.1) is 11.3 Å². The van der Waals surface area contributed by atoms with Gasteiger partial charge in [-0.05, 0) is 42.5 Å². The molecular formula is C30H22F3N7O2. The van der Waals surface area contributed by atoms with Crippen molar-refractivity contribution in [3.05, 3.63) is 126 Å². The van der Waals surface area contributed by atoms with Crippen LogP contribution in [0.1, 0.15) is 11.1 Å².